The van der Waals surface area contributed by atoms with Crippen LogP contribution >= 0.6 is 11.6 Å². The fourth-order valence-corrected chi connectivity index (χ4v) is 2.51. The van der Waals surface area contributed by atoms with Crippen LogP contribution in [-0.2, 0) is 0 Å². The summed E-state index contributed by atoms with van der Waals surface area (Å²) in [6, 6.07) is 8.96. The molecule has 0 saturated carbocycles. The molecule has 2 aromatic rings. The van der Waals surface area contributed by atoms with E-state index in [-0.39, 0.29) is 10.6 Å². The molecule has 0 bridgehead atoms. The van der Waals surface area contributed by atoms with Gasteiger partial charge in [0.05, 0.1) is 17.7 Å². The molecule has 0 aliphatic heterocycles. The minimum absolute atomic E-state index is 0.107. The van der Waals surface area contributed by atoms with E-state index < -0.39 is 5.97 Å². The molecule has 0 saturated heterocycles. The van der Waals surface area contributed by atoms with E-state index in [9.17, 15) is 4.79 Å². The predicted molar refractivity (Wildman–Crippen MR) is 79.9 cm³/mol. The van der Waals surface area contributed by atoms with Crippen LogP contribution < -0.4 is 4.74 Å². The molecule has 0 spiro atoms. The molecule has 1 N–H and O–H groups in total. The summed E-state index contributed by atoms with van der Waals surface area (Å²) in [7, 11) is 1.64. The largest absolute Gasteiger partial charge is 0.496 e. The number of aryl methyl sites for hydroxylation is 2. The first-order valence-electron chi connectivity index (χ1n) is 6.12. The Morgan fingerprint density at radius 1 is 1.10 bits per heavy atom. The lowest BCUT2D eigenvalue weighted by Gasteiger charge is -2.12. The van der Waals surface area contributed by atoms with Crippen molar-refractivity contribution in [2.75, 3.05) is 7.11 Å². The molecule has 20 heavy (non-hydrogen) atoms. The van der Waals surface area contributed by atoms with Crippen LogP contribution in [0.2, 0.25) is 5.02 Å². The number of hydrogen-bond acceptors (Lipinski definition) is 2. The van der Waals surface area contributed by atoms with Crippen molar-refractivity contribution in [3.05, 3.63) is 52.0 Å². The third-order valence-electron chi connectivity index (χ3n) is 3.19. The minimum Gasteiger partial charge on any atom is -0.496 e. The zero-order valence-electron chi connectivity index (χ0n) is 11.5. The van der Waals surface area contributed by atoms with Crippen LogP contribution in [0.3, 0.4) is 0 Å². The summed E-state index contributed by atoms with van der Waals surface area (Å²) in [5.74, 6) is -0.181. The van der Waals surface area contributed by atoms with E-state index in [0.29, 0.717) is 0 Å². The lowest BCUT2D eigenvalue weighted by molar-refractivity contribution is 0.0697. The van der Waals surface area contributed by atoms with Gasteiger partial charge in [-0.3, -0.25) is 0 Å². The van der Waals surface area contributed by atoms with Crippen molar-refractivity contribution < 1.29 is 14.6 Å². The normalized spacial score (nSPS) is 10.4. The fraction of sp³-hybridized carbons (Fsp3) is 0.188. The third kappa shape index (κ3) is 2.63. The molecule has 0 radical (unpaired) electrons. The van der Waals surface area contributed by atoms with E-state index in [1.165, 1.54) is 0 Å². The Hall–Kier alpha value is -2.00. The average molecular weight is 291 g/mol. The van der Waals surface area contributed by atoms with Gasteiger partial charge in [0, 0.05) is 0 Å². The smallest absolute Gasteiger partial charge is 0.337 e. The highest BCUT2D eigenvalue weighted by atomic mass is 35.5. The SMILES string of the molecule is COc1c(C)cc(-c2ccc(Cl)c(C(=O)O)c2)cc1C. The second kappa shape index (κ2) is 5.55. The lowest BCUT2D eigenvalue weighted by Crippen LogP contribution is -1.98. The van der Waals surface area contributed by atoms with Gasteiger partial charge in [-0.15, -0.1) is 0 Å². The minimum atomic E-state index is -1.03. The highest BCUT2D eigenvalue weighted by Gasteiger charge is 2.12. The second-order valence-corrected chi connectivity index (χ2v) is 5.05. The molecule has 4 heteroatoms. The third-order valence-corrected chi connectivity index (χ3v) is 3.52. The quantitative estimate of drug-likeness (QED) is 0.915. The molecule has 0 unspecified atom stereocenters. The Labute approximate surface area is 122 Å². The molecule has 0 aliphatic carbocycles. The zero-order chi connectivity index (χ0) is 14.9. The first-order chi connectivity index (χ1) is 9.43. The lowest BCUT2D eigenvalue weighted by atomic mass is 9.98. The summed E-state index contributed by atoms with van der Waals surface area (Å²) in [5, 5.41) is 9.36. The van der Waals surface area contributed by atoms with Gasteiger partial charge in [0.25, 0.3) is 0 Å². The van der Waals surface area contributed by atoms with Crippen molar-refractivity contribution in [2.45, 2.75) is 13.8 Å². The van der Waals surface area contributed by atoms with Crippen molar-refractivity contribution in [1.29, 1.82) is 0 Å². The number of methoxy groups -OCH3 is 1. The Bertz CT molecular complexity index is 654. The second-order valence-electron chi connectivity index (χ2n) is 4.64. The Kier molecular flexibility index (Phi) is 4.00. The molecule has 104 valence electrons. The van der Waals surface area contributed by atoms with Crippen LogP contribution in [0, 0.1) is 13.8 Å². The summed E-state index contributed by atoms with van der Waals surface area (Å²) in [4.78, 5) is 11.1. The molecule has 2 rings (SSSR count). The number of carbonyl (C=O) groups is 1. The molecule has 3 nitrogen and oxygen atoms in total. The van der Waals surface area contributed by atoms with Gasteiger partial charge in [0.2, 0.25) is 0 Å². The average Bonchev–Trinajstić information content (AvgIpc) is 2.38. The topological polar surface area (TPSA) is 46.5 Å². The maximum atomic E-state index is 11.1. The molecular formula is C16H15ClO3. The van der Waals surface area contributed by atoms with E-state index >= 15 is 0 Å². The molecule has 2 aromatic carbocycles. The van der Waals surface area contributed by atoms with Crippen LogP contribution in [0.1, 0.15) is 21.5 Å². The number of rotatable bonds is 3. The van der Waals surface area contributed by atoms with Crippen molar-refractivity contribution in [2.24, 2.45) is 0 Å². The monoisotopic (exact) mass is 290 g/mol. The maximum Gasteiger partial charge on any atom is 0.337 e. The number of halogens is 1. The molecule has 0 atom stereocenters. The van der Waals surface area contributed by atoms with Gasteiger partial charge < -0.3 is 9.84 Å². The number of aromatic carboxylic acids is 1. The van der Waals surface area contributed by atoms with Crippen molar-refractivity contribution >= 4 is 17.6 Å². The molecule has 0 amide bonds. The van der Waals surface area contributed by atoms with Gasteiger partial charge in [-0.1, -0.05) is 17.7 Å². The standard InChI is InChI=1S/C16H15ClO3/c1-9-6-12(7-10(2)15(9)20-3)11-4-5-14(17)13(8-11)16(18)19/h4-8H,1-3H3,(H,18,19). The van der Waals surface area contributed by atoms with Gasteiger partial charge in [-0.25, -0.2) is 4.79 Å². The number of ether oxygens (including phenoxy) is 1. The summed E-state index contributed by atoms with van der Waals surface area (Å²) in [6.45, 7) is 3.92. The molecule has 0 aromatic heterocycles. The summed E-state index contributed by atoms with van der Waals surface area (Å²) < 4.78 is 5.33. The molecule has 0 aliphatic rings. The summed E-state index contributed by atoms with van der Waals surface area (Å²) >= 11 is 5.89. The molecule has 0 fully saturated rings. The van der Waals surface area contributed by atoms with E-state index in [2.05, 4.69) is 0 Å². The van der Waals surface area contributed by atoms with Crippen molar-refractivity contribution in [3.8, 4) is 16.9 Å². The first kappa shape index (κ1) is 14.4. The summed E-state index contributed by atoms with van der Waals surface area (Å²) in [5.41, 5.74) is 3.89. The maximum absolute atomic E-state index is 11.1. The van der Waals surface area contributed by atoms with Gasteiger partial charge in [0.15, 0.2) is 0 Å². The number of carboxylic acids is 1. The van der Waals surface area contributed by atoms with Crippen LogP contribution in [0.4, 0.5) is 0 Å². The van der Waals surface area contributed by atoms with Crippen LogP contribution in [0.15, 0.2) is 30.3 Å². The Morgan fingerprint density at radius 3 is 2.20 bits per heavy atom. The van der Waals surface area contributed by atoms with Gasteiger partial charge in [-0.05, 0) is 60.4 Å². The van der Waals surface area contributed by atoms with E-state index in [1.807, 2.05) is 32.0 Å². The van der Waals surface area contributed by atoms with Crippen molar-refractivity contribution in [1.82, 2.24) is 0 Å². The van der Waals surface area contributed by atoms with E-state index in [4.69, 9.17) is 21.4 Å². The first-order valence-corrected chi connectivity index (χ1v) is 6.50. The van der Waals surface area contributed by atoms with Crippen LogP contribution in [0.25, 0.3) is 11.1 Å². The Balaban J connectivity index is 2.57. The molecule has 0 heterocycles. The van der Waals surface area contributed by atoms with Gasteiger partial charge in [0.1, 0.15) is 5.75 Å². The van der Waals surface area contributed by atoms with Crippen LogP contribution in [-0.4, -0.2) is 18.2 Å². The number of carboxylic acid groups (broad SMARTS) is 1. The fourth-order valence-electron chi connectivity index (χ4n) is 2.31. The number of hydrogen-bond donors (Lipinski definition) is 1. The van der Waals surface area contributed by atoms with Crippen molar-refractivity contribution in [3.63, 3.8) is 0 Å². The Morgan fingerprint density at radius 2 is 1.70 bits per heavy atom. The van der Waals surface area contributed by atoms with E-state index in [1.54, 1.807) is 19.2 Å². The van der Waals surface area contributed by atoms with Crippen LogP contribution in [0.5, 0.6) is 5.75 Å². The summed E-state index contributed by atoms with van der Waals surface area (Å²) in [6.07, 6.45) is 0. The van der Waals surface area contributed by atoms with Gasteiger partial charge >= 0.3 is 5.97 Å². The number of benzene rings is 2. The van der Waals surface area contributed by atoms with Gasteiger partial charge in [-0.2, -0.15) is 0 Å². The van der Waals surface area contributed by atoms with E-state index in [0.717, 1.165) is 28.0 Å². The highest BCUT2D eigenvalue weighted by molar-refractivity contribution is 6.33. The zero-order valence-corrected chi connectivity index (χ0v) is 12.3. The predicted octanol–water partition coefficient (Wildman–Crippen LogP) is 4.33. The highest BCUT2D eigenvalue weighted by Crippen LogP contribution is 2.31. The molecular weight excluding hydrogens is 276 g/mol.